The van der Waals surface area contributed by atoms with Gasteiger partial charge in [0.2, 0.25) is 10.0 Å². The van der Waals surface area contributed by atoms with Crippen molar-refractivity contribution in [2.75, 3.05) is 11.9 Å². The molecule has 1 aliphatic heterocycles. The number of rotatable bonds is 5. The number of ether oxygens (including phenoxy) is 1. The van der Waals surface area contributed by atoms with E-state index in [9.17, 15) is 13.2 Å². The first-order valence-corrected chi connectivity index (χ1v) is 9.60. The molecule has 0 atom stereocenters. The molecule has 0 bridgehead atoms. The van der Waals surface area contributed by atoms with Crippen molar-refractivity contribution < 1.29 is 17.9 Å². The van der Waals surface area contributed by atoms with Crippen LogP contribution in [0.5, 0.6) is 5.75 Å². The third-order valence-electron chi connectivity index (χ3n) is 4.33. The Balaban J connectivity index is 1.67. The van der Waals surface area contributed by atoms with Gasteiger partial charge in [0, 0.05) is 12.6 Å². The number of fused-ring (bicyclic) bond motifs is 1. The van der Waals surface area contributed by atoms with E-state index in [1.165, 1.54) is 12.1 Å². The van der Waals surface area contributed by atoms with Crippen molar-refractivity contribution in [2.45, 2.75) is 30.3 Å². The quantitative estimate of drug-likeness (QED) is 0.890. The third-order valence-corrected chi connectivity index (χ3v) is 6.22. The second kappa shape index (κ2) is 6.16. The molecule has 4 rings (SSSR count). The van der Waals surface area contributed by atoms with E-state index in [4.69, 9.17) is 4.74 Å². The maximum absolute atomic E-state index is 13.2. The van der Waals surface area contributed by atoms with Gasteiger partial charge in [-0.2, -0.15) is 4.31 Å². The Labute approximate surface area is 146 Å². The monoisotopic (exact) mass is 358 g/mol. The first-order chi connectivity index (χ1) is 12.0. The number of anilines is 1. The summed E-state index contributed by atoms with van der Waals surface area (Å²) in [4.78, 5) is 11.7. The summed E-state index contributed by atoms with van der Waals surface area (Å²) in [5.41, 5.74) is 1.35. The number of hydrogen-bond donors (Lipinski definition) is 1. The number of sulfonamides is 1. The van der Waals surface area contributed by atoms with Gasteiger partial charge in [-0.15, -0.1) is 0 Å². The molecule has 130 valence electrons. The predicted octanol–water partition coefficient (Wildman–Crippen LogP) is 2.37. The van der Waals surface area contributed by atoms with Crippen LogP contribution in [0.1, 0.15) is 18.4 Å². The molecule has 1 amide bonds. The van der Waals surface area contributed by atoms with Gasteiger partial charge >= 0.3 is 0 Å². The minimum absolute atomic E-state index is 0.0343. The fraction of sp³-hybridized carbons (Fsp3) is 0.278. The summed E-state index contributed by atoms with van der Waals surface area (Å²) in [6, 6.07) is 14.2. The molecule has 0 aromatic heterocycles. The molecule has 0 unspecified atom stereocenters. The lowest BCUT2D eigenvalue weighted by atomic mass is 10.2. The summed E-state index contributed by atoms with van der Waals surface area (Å²) in [5.74, 6) is 0.199. The lowest BCUT2D eigenvalue weighted by molar-refractivity contribution is -0.118. The Hall–Kier alpha value is -2.38. The van der Waals surface area contributed by atoms with Gasteiger partial charge in [0.05, 0.1) is 10.6 Å². The summed E-state index contributed by atoms with van der Waals surface area (Å²) < 4.78 is 33.2. The van der Waals surface area contributed by atoms with Crippen LogP contribution in [-0.2, 0) is 21.4 Å². The first-order valence-electron chi connectivity index (χ1n) is 8.16. The van der Waals surface area contributed by atoms with E-state index in [0.717, 1.165) is 18.4 Å². The first kappa shape index (κ1) is 16.1. The number of carbonyl (C=O) groups is 1. The zero-order chi connectivity index (χ0) is 17.4. The number of carbonyl (C=O) groups excluding carboxylic acids is 1. The van der Waals surface area contributed by atoms with Gasteiger partial charge in [0.1, 0.15) is 5.75 Å². The smallest absolute Gasteiger partial charge is 0.262 e. The zero-order valence-corrected chi connectivity index (χ0v) is 14.3. The molecule has 0 saturated heterocycles. The second-order valence-electron chi connectivity index (χ2n) is 6.26. The van der Waals surface area contributed by atoms with Crippen LogP contribution in [0.25, 0.3) is 0 Å². The lowest BCUT2D eigenvalue weighted by Gasteiger charge is -2.24. The Morgan fingerprint density at radius 2 is 1.88 bits per heavy atom. The van der Waals surface area contributed by atoms with Crippen LogP contribution in [-0.4, -0.2) is 31.3 Å². The van der Waals surface area contributed by atoms with Crippen molar-refractivity contribution in [1.82, 2.24) is 4.31 Å². The van der Waals surface area contributed by atoms with E-state index in [0.29, 0.717) is 18.0 Å². The highest BCUT2D eigenvalue weighted by molar-refractivity contribution is 7.89. The number of benzene rings is 2. The maximum atomic E-state index is 13.2. The second-order valence-corrected chi connectivity index (χ2v) is 8.15. The Morgan fingerprint density at radius 1 is 1.12 bits per heavy atom. The lowest BCUT2D eigenvalue weighted by Crippen LogP contribution is -2.33. The average Bonchev–Trinajstić information content (AvgIpc) is 3.44. The van der Waals surface area contributed by atoms with Gasteiger partial charge in [0.15, 0.2) is 6.61 Å². The number of hydrogen-bond acceptors (Lipinski definition) is 4. The van der Waals surface area contributed by atoms with E-state index in [-0.39, 0.29) is 23.5 Å². The Morgan fingerprint density at radius 3 is 2.60 bits per heavy atom. The van der Waals surface area contributed by atoms with Crippen molar-refractivity contribution in [2.24, 2.45) is 0 Å². The molecule has 1 heterocycles. The van der Waals surface area contributed by atoms with Crippen molar-refractivity contribution in [3.63, 3.8) is 0 Å². The number of nitrogens with one attached hydrogen (secondary N) is 1. The molecule has 6 nitrogen and oxygen atoms in total. The molecule has 2 aromatic rings. The molecular weight excluding hydrogens is 340 g/mol. The van der Waals surface area contributed by atoms with E-state index in [1.54, 1.807) is 10.4 Å². The fourth-order valence-corrected chi connectivity index (χ4v) is 4.59. The van der Waals surface area contributed by atoms with Crippen LogP contribution in [0, 0.1) is 0 Å². The SMILES string of the molecule is O=C1COc2ccc(S(=O)(=O)N(Cc3ccccc3)C3CC3)cc2N1. The fourth-order valence-electron chi connectivity index (χ4n) is 2.89. The van der Waals surface area contributed by atoms with Gasteiger partial charge < -0.3 is 10.1 Å². The van der Waals surface area contributed by atoms with Gasteiger partial charge in [-0.05, 0) is 36.6 Å². The van der Waals surface area contributed by atoms with Gasteiger partial charge in [0.25, 0.3) is 5.91 Å². The Kier molecular flexibility index (Phi) is 3.97. The third kappa shape index (κ3) is 3.25. The summed E-state index contributed by atoms with van der Waals surface area (Å²) in [6.45, 7) is 0.287. The summed E-state index contributed by atoms with van der Waals surface area (Å²) in [6.07, 6.45) is 1.74. The zero-order valence-electron chi connectivity index (χ0n) is 13.5. The van der Waals surface area contributed by atoms with Crippen molar-refractivity contribution in [3.8, 4) is 5.75 Å². The minimum atomic E-state index is -3.66. The minimum Gasteiger partial charge on any atom is -0.482 e. The van der Waals surface area contributed by atoms with Crippen molar-refractivity contribution in [3.05, 3.63) is 54.1 Å². The largest absolute Gasteiger partial charge is 0.482 e. The molecule has 2 aromatic carbocycles. The highest BCUT2D eigenvalue weighted by atomic mass is 32.2. The molecule has 0 radical (unpaired) electrons. The van der Waals surface area contributed by atoms with Crippen molar-refractivity contribution in [1.29, 1.82) is 0 Å². The Bertz CT molecular complexity index is 908. The van der Waals surface area contributed by atoms with Crippen molar-refractivity contribution >= 4 is 21.6 Å². The molecule has 1 N–H and O–H groups in total. The van der Waals surface area contributed by atoms with Crippen LogP contribution in [0.4, 0.5) is 5.69 Å². The summed E-state index contributed by atoms with van der Waals surface area (Å²) in [5, 5.41) is 2.66. The molecule has 0 spiro atoms. The van der Waals surface area contributed by atoms with Crippen LogP contribution in [0.3, 0.4) is 0 Å². The number of nitrogens with zero attached hydrogens (tertiary/aromatic N) is 1. The highest BCUT2D eigenvalue weighted by Gasteiger charge is 2.38. The molecule has 1 aliphatic carbocycles. The van der Waals surface area contributed by atoms with Crippen LogP contribution < -0.4 is 10.1 Å². The van der Waals surface area contributed by atoms with Gasteiger partial charge in [-0.25, -0.2) is 8.42 Å². The molecular formula is C18H18N2O4S. The van der Waals surface area contributed by atoms with Crippen LogP contribution in [0.2, 0.25) is 0 Å². The van der Waals surface area contributed by atoms with Gasteiger partial charge in [-0.3, -0.25) is 4.79 Å². The van der Waals surface area contributed by atoms with Crippen LogP contribution in [0.15, 0.2) is 53.4 Å². The topological polar surface area (TPSA) is 75.7 Å². The van der Waals surface area contributed by atoms with Gasteiger partial charge in [-0.1, -0.05) is 30.3 Å². The molecule has 1 fully saturated rings. The molecule has 1 saturated carbocycles. The van der Waals surface area contributed by atoms with E-state index in [1.807, 2.05) is 30.3 Å². The number of amides is 1. The highest BCUT2D eigenvalue weighted by Crippen LogP contribution is 2.36. The van der Waals surface area contributed by atoms with E-state index < -0.39 is 10.0 Å². The predicted molar refractivity (Wildman–Crippen MR) is 92.8 cm³/mol. The van der Waals surface area contributed by atoms with Crippen LogP contribution >= 0.6 is 0 Å². The maximum Gasteiger partial charge on any atom is 0.262 e. The summed E-state index contributed by atoms with van der Waals surface area (Å²) in [7, 11) is -3.66. The average molecular weight is 358 g/mol. The molecule has 25 heavy (non-hydrogen) atoms. The normalized spacial score (nSPS) is 16.9. The standard InChI is InChI=1S/C18H18N2O4S/c21-18-12-24-17-9-8-15(10-16(17)19-18)25(22,23)20(14-6-7-14)11-13-4-2-1-3-5-13/h1-5,8-10,14H,6-7,11-12H2,(H,19,21). The molecule has 7 heteroatoms. The van der Waals surface area contributed by atoms with E-state index in [2.05, 4.69) is 5.32 Å². The molecule has 2 aliphatic rings. The summed E-state index contributed by atoms with van der Waals surface area (Å²) >= 11 is 0. The van der Waals surface area contributed by atoms with E-state index >= 15 is 0 Å².